The SMILES string of the molecule is Cc1cc(-c2[nH]c3ccc(C4CCN(C(=O)CN(CCO)C(C)C)CC4)cc3c2C(C)C)cc(C)n1. The van der Waals surface area contributed by atoms with Crippen LogP contribution in [0, 0.1) is 13.8 Å². The summed E-state index contributed by atoms with van der Waals surface area (Å²) in [5.74, 6) is 1.02. The Kier molecular flexibility index (Phi) is 8.16. The van der Waals surface area contributed by atoms with E-state index in [9.17, 15) is 9.90 Å². The number of likely N-dealkylation sites (tertiary alicyclic amines) is 1. The number of aromatic nitrogens is 2. The molecule has 194 valence electrons. The molecule has 0 saturated carbocycles. The molecule has 6 heteroatoms. The number of aliphatic hydroxyl groups excluding tert-OH is 1. The Hall–Kier alpha value is -2.70. The van der Waals surface area contributed by atoms with E-state index in [1.165, 1.54) is 33.3 Å². The highest BCUT2D eigenvalue weighted by Gasteiger charge is 2.26. The first-order valence-electron chi connectivity index (χ1n) is 13.4. The number of piperidine rings is 1. The van der Waals surface area contributed by atoms with Crippen LogP contribution in [0.4, 0.5) is 0 Å². The lowest BCUT2D eigenvalue weighted by Gasteiger charge is -2.34. The van der Waals surface area contributed by atoms with Crippen molar-refractivity contribution in [3.05, 3.63) is 52.8 Å². The molecule has 2 N–H and O–H groups in total. The maximum atomic E-state index is 12.9. The van der Waals surface area contributed by atoms with Gasteiger partial charge in [0.1, 0.15) is 0 Å². The number of amides is 1. The molecule has 0 aliphatic carbocycles. The van der Waals surface area contributed by atoms with Gasteiger partial charge < -0.3 is 15.0 Å². The van der Waals surface area contributed by atoms with E-state index in [0.717, 1.165) is 37.3 Å². The zero-order chi connectivity index (χ0) is 26.0. The summed E-state index contributed by atoms with van der Waals surface area (Å²) in [6.45, 7) is 15.3. The van der Waals surface area contributed by atoms with Crippen LogP contribution in [0.2, 0.25) is 0 Å². The summed E-state index contributed by atoms with van der Waals surface area (Å²) in [6, 6.07) is 11.5. The van der Waals surface area contributed by atoms with E-state index in [1.807, 2.05) is 9.80 Å². The van der Waals surface area contributed by atoms with E-state index in [4.69, 9.17) is 0 Å². The van der Waals surface area contributed by atoms with Gasteiger partial charge in [0.15, 0.2) is 0 Å². The number of carbonyl (C=O) groups is 1. The summed E-state index contributed by atoms with van der Waals surface area (Å²) >= 11 is 0. The molecule has 2 aromatic heterocycles. The van der Waals surface area contributed by atoms with Gasteiger partial charge in [-0.1, -0.05) is 19.9 Å². The molecule has 3 heterocycles. The van der Waals surface area contributed by atoms with Gasteiger partial charge in [0.25, 0.3) is 0 Å². The van der Waals surface area contributed by atoms with Gasteiger partial charge in [-0.15, -0.1) is 0 Å². The number of benzene rings is 1. The molecular formula is C30H42N4O2. The van der Waals surface area contributed by atoms with Crippen LogP contribution < -0.4 is 0 Å². The van der Waals surface area contributed by atoms with Gasteiger partial charge in [-0.25, -0.2) is 0 Å². The Morgan fingerprint density at radius 1 is 1.11 bits per heavy atom. The summed E-state index contributed by atoms with van der Waals surface area (Å²) in [5.41, 5.74) is 8.38. The molecule has 0 radical (unpaired) electrons. The van der Waals surface area contributed by atoms with Crippen molar-refractivity contribution in [1.29, 1.82) is 0 Å². The van der Waals surface area contributed by atoms with E-state index in [-0.39, 0.29) is 18.6 Å². The second kappa shape index (κ2) is 11.1. The molecule has 1 saturated heterocycles. The molecule has 0 atom stereocenters. The number of pyridine rings is 1. The van der Waals surface area contributed by atoms with Crippen molar-refractivity contribution in [2.45, 2.75) is 72.3 Å². The maximum absolute atomic E-state index is 12.9. The first-order chi connectivity index (χ1) is 17.2. The molecule has 0 bridgehead atoms. The summed E-state index contributed by atoms with van der Waals surface area (Å²) in [5, 5.41) is 10.6. The molecule has 0 unspecified atom stereocenters. The van der Waals surface area contributed by atoms with Crippen molar-refractivity contribution in [1.82, 2.24) is 19.8 Å². The molecule has 4 rings (SSSR count). The second-order valence-corrected chi connectivity index (χ2v) is 11.0. The molecule has 3 aromatic rings. The van der Waals surface area contributed by atoms with Crippen molar-refractivity contribution in [3.8, 4) is 11.3 Å². The summed E-state index contributed by atoms with van der Waals surface area (Å²) in [4.78, 5) is 25.2. The number of aliphatic hydroxyl groups is 1. The second-order valence-electron chi connectivity index (χ2n) is 11.0. The fraction of sp³-hybridized carbons (Fsp3) is 0.533. The minimum Gasteiger partial charge on any atom is -0.395 e. The highest BCUT2D eigenvalue weighted by atomic mass is 16.3. The standard InChI is InChI=1S/C30H42N4O2/c1-19(2)29-26-17-24(7-8-27(26)32-30(29)25-15-21(5)31-22(6)16-25)23-9-11-33(12-10-23)28(36)18-34(13-14-35)20(3)4/h7-8,15-17,19-20,23,32,35H,9-14,18H2,1-6H3. The largest absolute Gasteiger partial charge is 0.395 e. The number of rotatable bonds is 8. The van der Waals surface area contributed by atoms with E-state index < -0.39 is 0 Å². The Bertz CT molecular complexity index is 1180. The molecule has 1 aromatic carbocycles. The molecule has 0 spiro atoms. The third-order valence-corrected chi connectivity index (χ3v) is 7.59. The van der Waals surface area contributed by atoms with E-state index in [1.54, 1.807) is 0 Å². The van der Waals surface area contributed by atoms with E-state index >= 15 is 0 Å². The summed E-state index contributed by atoms with van der Waals surface area (Å²) < 4.78 is 0. The van der Waals surface area contributed by atoms with Crippen molar-refractivity contribution in [2.75, 3.05) is 32.8 Å². The maximum Gasteiger partial charge on any atom is 0.236 e. The lowest BCUT2D eigenvalue weighted by atomic mass is 9.87. The van der Waals surface area contributed by atoms with Crippen LogP contribution in [0.5, 0.6) is 0 Å². The van der Waals surface area contributed by atoms with Gasteiger partial charge >= 0.3 is 0 Å². The van der Waals surface area contributed by atoms with E-state index in [0.29, 0.717) is 24.9 Å². The van der Waals surface area contributed by atoms with Gasteiger partial charge in [-0.2, -0.15) is 0 Å². The number of H-pyrrole nitrogens is 1. The van der Waals surface area contributed by atoms with Gasteiger partial charge in [0.2, 0.25) is 5.91 Å². The lowest BCUT2D eigenvalue weighted by molar-refractivity contribution is -0.134. The zero-order valence-electron chi connectivity index (χ0n) is 22.8. The lowest BCUT2D eigenvalue weighted by Crippen LogP contribution is -2.46. The van der Waals surface area contributed by atoms with Crippen molar-refractivity contribution in [2.24, 2.45) is 0 Å². The van der Waals surface area contributed by atoms with Crippen LogP contribution in [0.15, 0.2) is 30.3 Å². The number of hydrogen-bond donors (Lipinski definition) is 2. The molecule has 1 amide bonds. The van der Waals surface area contributed by atoms with Crippen LogP contribution in [0.25, 0.3) is 22.2 Å². The molecule has 1 aliphatic rings. The Morgan fingerprint density at radius 2 is 1.78 bits per heavy atom. The van der Waals surface area contributed by atoms with Crippen LogP contribution in [-0.2, 0) is 4.79 Å². The monoisotopic (exact) mass is 490 g/mol. The number of fused-ring (bicyclic) bond motifs is 1. The normalized spacial score (nSPS) is 15.1. The van der Waals surface area contributed by atoms with Crippen molar-refractivity contribution >= 4 is 16.8 Å². The quantitative estimate of drug-likeness (QED) is 0.445. The van der Waals surface area contributed by atoms with Crippen LogP contribution in [-0.4, -0.2) is 69.6 Å². The zero-order valence-corrected chi connectivity index (χ0v) is 22.8. The highest BCUT2D eigenvalue weighted by molar-refractivity contribution is 5.92. The van der Waals surface area contributed by atoms with Crippen LogP contribution >= 0.6 is 0 Å². The minimum absolute atomic E-state index is 0.0790. The fourth-order valence-corrected chi connectivity index (χ4v) is 5.67. The third kappa shape index (κ3) is 5.65. The number of aromatic amines is 1. The van der Waals surface area contributed by atoms with Crippen molar-refractivity contribution in [3.63, 3.8) is 0 Å². The average Bonchev–Trinajstić information content (AvgIpc) is 3.22. The Balaban J connectivity index is 1.53. The number of nitrogens with zero attached hydrogens (tertiary/aromatic N) is 3. The third-order valence-electron chi connectivity index (χ3n) is 7.59. The highest BCUT2D eigenvalue weighted by Crippen LogP contribution is 2.38. The smallest absolute Gasteiger partial charge is 0.236 e. The predicted molar refractivity (Wildman–Crippen MR) is 147 cm³/mol. The fourth-order valence-electron chi connectivity index (χ4n) is 5.67. The van der Waals surface area contributed by atoms with Crippen molar-refractivity contribution < 1.29 is 9.90 Å². The van der Waals surface area contributed by atoms with Gasteiger partial charge in [0.05, 0.1) is 18.8 Å². The first kappa shape index (κ1) is 26.4. The topological polar surface area (TPSA) is 72.5 Å². The molecule has 1 fully saturated rings. The van der Waals surface area contributed by atoms with Gasteiger partial charge in [-0.05, 0) is 87.8 Å². The number of aryl methyl sites for hydroxylation is 2. The number of carbonyl (C=O) groups excluding carboxylic acids is 1. The minimum atomic E-state index is 0.0790. The predicted octanol–water partition coefficient (Wildman–Crippen LogP) is 5.38. The average molecular weight is 491 g/mol. The van der Waals surface area contributed by atoms with Gasteiger partial charge in [-0.3, -0.25) is 14.7 Å². The number of nitrogens with one attached hydrogen (secondary N) is 1. The first-order valence-corrected chi connectivity index (χ1v) is 13.4. The van der Waals surface area contributed by atoms with Crippen LogP contribution in [0.1, 0.15) is 74.9 Å². The summed E-state index contributed by atoms with van der Waals surface area (Å²) in [7, 11) is 0. The number of hydrogen-bond acceptors (Lipinski definition) is 4. The molecular weight excluding hydrogens is 448 g/mol. The summed E-state index contributed by atoms with van der Waals surface area (Å²) in [6.07, 6.45) is 1.96. The molecule has 36 heavy (non-hydrogen) atoms. The molecule has 1 aliphatic heterocycles. The Labute approximate surface area is 215 Å². The Morgan fingerprint density at radius 3 is 2.36 bits per heavy atom. The van der Waals surface area contributed by atoms with Gasteiger partial charge in [0, 0.05) is 53.5 Å². The van der Waals surface area contributed by atoms with E-state index in [2.05, 4.69) is 81.8 Å². The van der Waals surface area contributed by atoms with Crippen LogP contribution in [0.3, 0.4) is 0 Å². The molecule has 6 nitrogen and oxygen atoms in total.